The predicted molar refractivity (Wildman–Crippen MR) is 92.5 cm³/mol. The molecule has 0 saturated heterocycles. The maximum Gasteiger partial charge on any atom is 0.302 e. The van der Waals surface area contributed by atoms with Crippen LogP contribution in [0.2, 0.25) is 0 Å². The SMILES string of the molecule is CC(=O)O[C@H]1CC[C@H]2[C@@H]3CC(=O)[C@@]4(F)CC=CC[C@]4(C)[C@H]3CC[C@]12C. The van der Waals surface area contributed by atoms with Gasteiger partial charge in [-0.3, -0.25) is 9.59 Å². The molecule has 0 heterocycles. The van der Waals surface area contributed by atoms with Gasteiger partial charge in [0.25, 0.3) is 0 Å². The number of alkyl halides is 1. The third-order valence-electron chi connectivity index (χ3n) is 8.35. The summed E-state index contributed by atoms with van der Waals surface area (Å²) in [4.78, 5) is 24.4. The fraction of sp³-hybridized carbons (Fsp3) is 0.810. The molecule has 3 nitrogen and oxygen atoms in total. The molecule has 0 bridgehead atoms. The Hall–Kier alpha value is -1.19. The molecule has 0 radical (unpaired) electrons. The molecule has 0 spiro atoms. The lowest BCUT2D eigenvalue weighted by molar-refractivity contribution is -0.179. The van der Waals surface area contributed by atoms with Gasteiger partial charge in [-0.05, 0) is 49.9 Å². The molecule has 0 amide bonds. The highest BCUT2D eigenvalue weighted by Gasteiger charge is 2.67. The van der Waals surface area contributed by atoms with Crippen molar-refractivity contribution in [2.45, 2.75) is 77.5 Å². The van der Waals surface area contributed by atoms with Crippen molar-refractivity contribution >= 4 is 11.8 Å². The summed E-state index contributed by atoms with van der Waals surface area (Å²) in [5.41, 5.74) is -2.34. The van der Waals surface area contributed by atoms with Crippen LogP contribution in [-0.2, 0) is 14.3 Å². The van der Waals surface area contributed by atoms with Crippen molar-refractivity contribution in [2.75, 3.05) is 0 Å². The van der Waals surface area contributed by atoms with Gasteiger partial charge < -0.3 is 4.74 Å². The number of fused-ring (bicyclic) bond motifs is 5. The standard InChI is InChI=1S/C21H29FO3/c1-13(23)25-18-7-6-15-14-12-17(24)21(22)10-5-4-9-20(21,3)16(14)8-11-19(15,18)2/h4-5,14-16,18H,6-12H2,1-3H3/t14-,15-,16-,18-,19-,20+,21-/m0/s1. The monoisotopic (exact) mass is 348 g/mol. The van der Waals surface area contributed by atoms with Gasteiger partial charge >= 0.3 is 5.97 Å². The van der Waals surface area contributed by atoms with Crippen LogP contribution in [0, 0.1) is 28.6 Å². The van der Waals surface area contributed by atoms with Gasteiger partial charge in [-0.25, -0.2) is 4.39 Å². The van der Waals surface area contributed by atoms with Gasteiger partial charge in [0.2, 0.25) is 0 Å². The minimum Gasteiger partial charge on any atom is -0.462 e. The number of allylic oxidation sites excluding steroid dienone is 2. The lowest BCUT2D eigenvalue weighted by Crippen LogP contribution is -2.63. The summed E-state index contributed by atoms with van der Waals surface area (Å²) in [6.07, 6.45) is 8.86. The second kappa shape index (κ2) is 5.40. The molecular weight excluding hydrogens is 319 g/mol. The van der Waals surface area contributed by atoms with E-state index in [1.165, 1.54) is 6.92 Å². The van der Waals surface area contributed by atoms with Crippen molar-refractivity contribution < 1.29 is 18.7 Å². The van der Waals surface area contributed by atoms with Crippen LogP contribution in [-0.4, -0.2) is 23.5 Å². The number of Topliss-reactive ketones (excluding diaryl/α,β-unsaturated/α-hetero) is 1. The largest absolute Gasteiger partial charge is 0.462 e. The van der Waals surface area contributed by atoms with Crippen LogP contribution in [0.25, 0.3) is 0 Å². The Morgan fingerprint density at radius 2 is 1.88 bits per heavy atom. The fourth-order valence-corrected chi connectivity index (χ4v) is 6.93. The molecule has 3 saturated carbocycles. The predicted octanol–water partition coefficient (Wildman–Crippen LogP) is 4.40. The average molecular weight is 348 g/mol. The minimum atomic E-state index is -1.69. The maximum absolute atomic E-state index is 15.8. The summed E-state index contributed by atoms with van der Waals surface area (Å²) in [5.74, 6) is 0.412. The van der Waals surface area contributed by atoms with Crippen LogP contribution in [0.4, 0.5) is 4.39 Å². The topological polar surface area (TPSA) is 43.4 Å². The van der Waals surface area contributed by atoms with Crippen LogP contribution < -0.4 is 0 Å². The van der Waals surface area contributed by atoms with E-state index in [4.69, 9.17) is 4.74 Å². The Kier molecular flexibility index (Phi) is 3.73. The van der Waals surface area contributed by atoms with Crippen molar-refractivity contribution in [1.29, 1.82) is 0 Å². The zero-order valence-electron chi connectivity index (χ0n) is 15.5. The molecular formula is C21H29FO3. The smallest absolute Gasteiger partial charge is 0.302 e. The second-order valence-electron chi connectivity index (χ2n) is 9.32. The van der Waals surface area contributed by atoms with Gasteiger partial charge in [-0.1, -0.05) is 26.0 Å². The Morgan fingerprint density at radius 1 is 1.16 bits per heavy atom. The van der Waals surface area contributed by atoms with Crippen LogP contribution in [0.15, 0.2) is 12.2 Å². The molecule has 138 valence electrons. The molecule has 0 aromatic rings. The van der Waals surface area contributed by atoms with Crippen molar-refractivity contribution in [3.8, 4) is 0 Å². The van der Waals surface area contributed by atoms with Crippen molar-refractivity contribution in [1.82, 2.24) is 0 Å². The number of hydrogen-bond acceptors (Lipinski definition) is 3. The molecule has 0 aromatic heterocycles. The third kappa shape index (κ3) is 2.15. The first-order chi connectivity index (χ1) is 11.7. The van der Waals surface area contributed by atoms with Gasteiger partial charge in [0.1, 0.15) is 6.10 Å². The number of halogens is 1. The Labute approximate surface area is 149 Å². The normalized spacial score (nSPS) is 51.4. The first-order valence-corrected chi connectivity index (χ1v) is 9.77. The molecule has 4 heteroatoms. The molecule has 4 aliphatic carbocycles. The molecule has 25 heavy (non-hydrogen) atoms. The van der Waals surface area contributed by atoms with E-state index in [1.807, 2.05) is 13.0 Å². The Balaban J connectivity index is 1.68. The maximum atomic E-state index is 15.8. The summed E-state index contributed by atoms with van der Waals surface area (Å²) < 4.78 is 21.4. The third-order valence-corrected chi connectivity index (χ3v) is 8.35. The van der Waals surface area contributed by atoms with Crippen LogP contribution in [0.1, 0.15) is 65.7 Å². The van der Waals surface area contributed by atoms with Gasteiger partial charge in [0.15, 0.2) is 11.5 Å². The molecule has 3 fully saturated rings. The van der Waals surface area contributed by atoms with E-state index in [9.17, 15) is 9.59 Å². The summed E-state index contributed by atoms with van der Waals surface area (Å²) in [6, 6.07) is 0. The van der Waals surface area contributed by atoms with Crippen molar-refractivity contribution in [3.05, 3.63) is 12.2 Å². The first kappa shape index (κ1) is 17.2. The molecule has 7 atom stereocenters. The Morgan fingerprint density at radius 3 is 2.60 bits per heavy atom. The molecule has 4 aliphatic rings. The quantitative estimate of drug-likeness (QED) is 0.521. The highest BCUT2D eigenvalue weighted by molar-refractivity contribution is 5.90. The van der Waals surface area contributed by atoms with Gasteiger partial charge in [0.05, 0.1) is 0 Å². The van der Waals surface area contributed by atoms with E-state index in [2.05, 4.69) is 13.0 Å². The zero-order chi connectivity index (χ0) is 18.0. The second-order valence-corrected chi connectivity index (χ2v) is 9.32. The van der Waals surface area contributed by atoms with Crippen molar-refractivity contribution in [3.63, 3.8) is 0 Å². The van der Waals surface area contributed by atoms with Gasteiger partial charge in [-0.15, -0.1) is 0 Å². The highest BCUT2D eigenvalue weighted by atomic mass is 19.1. The first-order valence-electron chi connectivity index (χ1n) is 9.77. The summed E-state index contributed by atoms with van der Waals surface area (Å²) in [6.45, 7) is 5.70. The van der Waals surface area contributed by atoms with Crippen LogP contribution in [0.3, 0.4) is 0 Å². The van der Waals surface area contributed by atoms with E-state index < -0.39 is 11.1 Å². The summed E-state index contributed by atoms with van der Waals surface area (Å²) in [5, 5.41) is 0. The number of esters is 1. The van der Waals surface area contributed by atoms with Crippen molar-refractivity contribution in [2.24, 2.45) is 28.6 Å². The van der Waals surface area contributed by atoms with E-state index in [0.717, 1.165) is 25.7 Å². The van der Waals surface area contributed by atoms with E-state index in [1.54, 1.807) is 0 Å². The molecule has 0 N–H and O–H groups in total. The number of hydrogen-bond donors (Lipinski definition) is 0. The molecule has 0 aliphatic heterocycles. The lowest BCUT2D eigenvalue weighted by atomic mass is 9.44. The minimum absolute atomic E-state index is 0.0535. The summed E-state index contributed by atoms with van der Waals surface area (Å²) in [7, 11) is 0. The van der Waals surface area contributed by atoms with Gasteiger partial charge in [0, 0.05) is 30.6 Å². The van der Waals surface area contributed by atoms with E-state index in [-0.39, 0.29) is 41.5 Å². The van der Waals surface area contributed by atoms with Crippen LogP contribution in [0.5, 0.6) is 0 Å². The average Bonchev–Trinajstić information content (AvgIpc) is 2.86. The highest BCUT2D eigenvalue weighted by Crippen LogP contribution is 2.67. The number of carbonyl (C=O) groups excluding carboxylic acids is 2. The zero-order valence-corrected chi connectivity index (χ0v) is 15.5. The van der Waals surface area contributed by atoms with E-state index in [0.29, 0.717) is 18.8 Å². The number of rotatable bonds is 1. The number of carbonyl (C=O) groups is 2. The van der Waals surface area contributed by atoms with Gasteiger partial charge in [-0.2, -0.15) is 0 Å². The van der Waals surface area contributed by atoms with E-state index >= 15 is 4.39 Å². The summed E-state index contributed by atoms with van der Waals surface area (Å²) >= 11 is 0. The molecule has 0 unspecified atom stereocenters. The lowest BCUT2D eigenvalue weighted by Gasteiger charge is -2.60. The Bertz CT molecular complexity index is 643. The number of ketones is 1. The molecule has 0 aromatic carbocycles. The number of ether oxygens (including phenoxy) is 1. The fourth-order valence-electron chi connectivity index (χ4n) is 6.93. The van der Waals surface area contributed by atoms with Crippen LogP contribution >= 0.6 is 0 Å². The molecule has 4 rings (SSSR count).